The van der Waals surface area contributed by atoms with Crippen molar-refractivity contribution < 1.29 is 28.8 Å². The number of carbonyl (C=O) groups is 4. The normalized spacial score (nSPS) is 14.2. The molecule has 3 aromatic carbocycles. The Bertz CT molecular complexity index is 2190. The van der Waals surface area contributed by atoms with Crippen LogP contribution < -0.4 is 10.6 Å². The Kier molecular flexibility index (Phi) is 8.33. The van der Waals surface area contributed by atoms with Gasteiger partial charge in [0.25, 0.3) is 11.8 Å². The molecule has 2 amide bonds. The summed E-state index contributed by atoms with van der Waals surface area (Å²) in [7, 11) is 0. The van der Waals surface area contributed by atoms with E-state index in [0.29, 0.717) is 42.2 Å². The zero-order valence-electron chi connectivity index (χ0n) is 26.1. The monoisotopic (exact) mass is 643 g/mol. The number of nitrogens with one attached hydrogen (secondary N) is 2. The van der Waals surface area contributed by atoms with Gasteiger partial charge in [-0.2, -0.15) is 0 Å². The number of aryl methyl sites for hydroxylation is 2. The lowest BCUT2D eigenvalue weighted by atomic mass is 10.0. The summed E-state index contributed by atoms with van der Waals surface area (Å²) in [4.78, 5) is 48.0. The van der Waals surface area contributed by atoms with Crippen molar-refractivity contribution in [1.29, 1.82) is 0 Å². The van der Waals surface area contributed by atoms with Gasteiger partial charge < -0.3 is 29.4 Å². The molecule has 8 rings (SSSR count). The molecule has 0 bridgehead atoms. The van der Waals surface area contributed by atoms with E-state index in [2.05, 4.69) is 15.8 Å². The van der Waals surface area contributed by atoms with E-state index in [1.165, 1.54) is 0 Å². The van der Waals surface area contributed by atoms with Crippen molar-refractivity contribution in [2.45, 2.75) is 38.8 Å². The maximum atomic E-state index is 12.9. The lowest BCUT2D eigenvalue weighted by molar-refractivity contribution is 0.0696. The predicted molar refractivity (Wildman–Crippen MR) is 179 cm³/mol. The zero-order chi connectivity index (χ0) is 33.2. The van der Waals surface area contributed by atoms with Crippen LogP contribution >= 0.6 is 0 Å². The number of carboxylic acids is 1. The molecule has 0 fully saturated rings. The van der Waals surface area contributed by atoms with Crippen LogP contribution in [-0.4, -0.2) is 56.1 Å². The number of amides is 2. The van der Waals surface area contributed by atoms with Crippen molar-refractivity contribution in [2.75, 3.05) is 13.1 Å². The molecule has 0 saturated heterocycles. The Morgan fingerprint density at radius 1 is 0.750 bits per heavy atom. The molecule has 2 aliphatic heterocycles. The van der Waals surface area contributed by atoms with Gasteiger partial charge in [0.2, 0.25) is 0 Å². The van der Waals surface area contributed by atoms with E-state index in [-0.39, 0.29) is 29.6 Å². The first-order chi connectivity index (χ1) is 23.3. The van der Waals surface area contributed by atoms with Crippen molar-refractivity contribution in [1.82, 2.24) is 24.9 Å². The third-order valence-corrected chi connectivity index (χ3v) is 8.70. The molecule has 6 aromatic rings. The van der Waals surface area contributed by atoms with Crippen molar-refractivity contribution >= 4 is 45.4 Å². The molecule has 242 valence electrons. The molecule has 48 heavy (non-hydrogen) atoms. The molecule has 3 N–H and O–H groups in total. The maximum absolute atomic E-state index is 12.9. The first-order valence-electron chi connectivity index (χ1n) is 15.9. The van der Waals surface area contributed by atoms with Gasteiger partial charge in [-0.05, 0) is 48.7 Å². The van der Waals surface area contributed by atoms with Gasteiger partial charge in [0.1, 0.15) is 17.1 Å². The highest BCUT2D eigenvalue weighted by Crippen LogP contribution is 2.25. The van der Waals surface area contributed by atoms with Gasteiger partial charge in [-0.3, -0.25) is 14.4 Å². The van der Waals surface area contributed by atoms with Crippen molar-refractivity contribution in [3.05, 3.63) is 124 Å². The molecule has 0 spiro atoms. The highest BCUT2D eigenvalue weighted by molar-refractivity contribution is 6.03. The first-order valence-corrected chi connectivity index (χ1v) is 15.9. The van der Waals surface area contributed by atoms with Crippen molar-refractivity contribution in [3.63, 3.8) is 0 Å². The van der Waals surface area contributed by atoms with E-state index in [0.717, 1.165) is 59.1 Å². The van der Waals surface area contributed by atoms with Crippen molar-refractivity contribution in [3.8, 4) is 0 Å². The highest BCUT2D eigenvalue weighted by Gasteiger charge is 2.21. The van der Waals surface area contributed by atoms with Crippen LogP contribution in [0.2, 0.25) is 0 Å². The summed E-state index contributed by atoms with van der Waals surface area (Å²) >= 11 is 0. The summed E-state index contributed by atoms with van der Waals surface area (Å²) in [5, 5.41) is 20.7. The minimum atomic E-state index is -0.953. The van der Waals surface area contributed by atoms with E-state index in [9.17, 15) is 19.2 Å². The summed E-state index contributed by atoms with van der Waals surface area (Å²) in [6, 6.07) is 26.1. The third-order valence-electron chi connectivity index (χ3n) is 8.70. The van der Waals surface area contributed by atoms with Crippen molar-refractivity contribution in [2.24, 2.45) is 0 Å². The molecule has 11 heteroatoms. The van der Waals surface area contributed by atoms with Crippen LogP contribution in [0.15, 0.2) is 89.5 Å². The Hall–Kier alpha value is -5.97. The van der Waals surface area contributed by atoms with Gasteiger partial charge in [-0.25, -0.2) is 4.79 Å². The zero-order valence-corrected chi connectivity index (χ0v) is 26.1. The molecule has 0 atom stereocenters. The molecular formula is C37H33N5O6. The number of aromatic nitrogens is 3. The van der Waals surface area contributed by atoms with Gasteiger partial charge in [0.05, 0.1) is 17.7 Å². The summed E-state index contributed by atoms with van der Waals surface area (Å²) < 4.78 is 9.31. The number of nitrogens with zero attached hydrogens (tertiary/aromatic N) is 3. The Labute approximate surface area is 275 Å². The number of hydrogen-bond acceptors (Lipinski definition) is 6. The molecule has 11 nitrogen and oxygen atoms in total. The van der Waals surface area contributed by atoms with E-state index in [1.807, 2.05) is 75.9 Å². The molecule has 0 unspecified atom stereocenters. The smallest absolute Gasteiger partial charge is 0.335 e. The number of carbonyl (C=O) groups excluding carboxylic acids is 3. The fourth-order valence-electron chi connectivity index (χ4n) is 6.32. The van der Waals surface area contributed by atoms with Crippen LogP contribution in [0.1, 0.15) is 71.6 Å². The van der Waals surface area contributed by atoms with E-state index in [1.54, 1.807) is 18.2 Å². The second-order valence-corrected chi connectivity index (χ2v) is 12.0. The maximum Gasteiger partial charge on any atom is 0.335 e. The molecule has 0 radical (unpaired) electrons. The number of rotatable bonds is 6. The van der Waals surface area contributed by atoms with E-state index in [4.69, 9.17) is 9.63 Å². The number of Topliss-reactive ketones (excluding diaryl/α,β-unsaturated/α-hetero) is 1. The fraction of sp³-hybridized carbons (Fsp3) is 0.216. The number of benzene rings is 3. The van der Waals surface area contributed by atoms with Gasteiger partial charge in [-0.15, -0.1) is 0 Å². The molecule has 5 heterocycles. The van der Waals surface area contributed by atoms with Crippen LogP contribution in [0.4, 0.5) is 0 Å². The largest absolute Gasteiger partial charge is 0.478 e. The average molecular weight is 644 g/mol. The quantitative estimate of drug-likeness (QED) is 0.210. The number of fused-ring (bicyclic) bond motifs is 6. The number of carboxylic acid groups (broad SMARTS) is 1. The summed E-state index contributed by atoms with van der Waals surface area (Å²) in [6.45, 7) is 2.79. The van der Waals surface area contributed by atoms with Gasteiger partial charge in [0.15, 0.2) is 5.78 Å². The lowest BCUT2D eigenvalue weighted by Gasteiger charge is -2.06. The number of ketones is 1. The molecular weight excluding hydrogens is 610 g/mol. The van der Waals surface area contributed by atoms with E-state index < -0.39 is 5.97 Å². The Balaban J connectivity index is 0.000000172. The van der Waals surface area contributed by atoms with Gasteiger partial charge >= 0.3 is 5.97 Å². The second-order valence-electron chi connectivity index (χ2n) is 12.0. The standard InChI is InChI=1S/C24H21N3O3.C13H12N2O3/c28-23(15-19-14-20(30-26-19)11-16-5-2-1-3-6-16)18-8-7-17-12-22-24(29)25-9-4-10-27(22)21(17)13-18;16-12-11-6-8-2-3-9(13(17)18)7-10(8)15(11)5-1-4-14-12/h1-3,5-8,12-14H,4,9-11,15H2,(H,25,29);2-3,6-7H,1,4-5H2,(H,14,16)(H,17,18). The first kappa shape index (κ1) is 30.7. The van der Waals surface area contributed by atoms with Gasteiger partial charge in [-0.1, -0.05) is 53.7 Å². The fourth-order valence-corrected chi connectivity index (χ4v) is 6.32. The average Bonchev–Trinajstić information content (AvgIpc) is 3.72. The molecule has 3 aromatic heterocycles. The highest BCUT2D eigenvalue weighted by atomic mass is 16.5. The minimum absolute atomic E-state index is 0.0231. The van der Waals surface area contributed by atoms with Gasteiger partial charge in [0, 0.05) is 66.0 Å². The lowest BCUT2D eigenvalue weighted by Crippen LogP contribution is -2.22. The van der Waals surface area contributed by atoms with Crippen LogP contribution in [0, 0.1) is 0 Å². The number of hydrogen-bond donors (Lipinski definition) is 3. The Morgan fingerprint density at radius 3 is 1.94 bits per heavy atom. The van der Waals surface area contributed by atoms with E-state index >= 15 is 0 Å². The van der Waals surface area contributed by atoms with Crippen LogP contribution in [0.5, 0.6) is 0 Å². The van der Waals surface area contributed by atoms with Crippen LogP contribution in [-0.2, 0) is 25.9 Å². The third kappa shape index (κ3) is 6.22. The molecule has 2 aliphatic rings. The summed E-state index contributed by atoms with van der Waals surface area (Å²) in [5.41, 5.74) is 5.59. The van der Waals surface area contributed by atoms with Crippen LogP contribution in [0.3, 0.4) is 0 Å². The summed E-state index contributed by atoms with van der Waals surface area (Å²) in [6.07, 6.45) is 2.54. The number of aromatic carboxylic acids is 1. The molecule has 0 aliphatic carbocycles. The van der Waals surface area contributed by atoms with Crippen LogP contribution in [0.25, 0.3) is 21.8 Å². The predicted octanol–water partition coefficient (Wildman–Crippen LogP) is 5.25. The minimum Gasteiger partial charge on any atom is -0.478 e. The second kappa shape index (κ2) is 13.0. The molecule has 0 saturated carbocycles. The summed E-state index contributed by atoms with van der Waals surface area (Å²) in [5.74, 6) is -0.399. The Morgan fingerprint density at radius 2 is 1.33 bits per heavy atom. The topological polar surface area (TPSA) is 148 Å². The SMILES string of the molecule is O=C(Cc1cc(Cc2ccccc2)on1)c1ccc2cc3n(c2c1)CCCNC3=O.O=C(O)c1ccc2cc3n(c2c1)CCCNC3=O.